The van der Waals surface area contributed by atoms with E-state index in [-0.39, 0.29) is 12.4 Å². The van der Waals surface area contributed by atoms with E-state index in [0.717, 1.165) is 27.8 Å². The van der Waals surface area contributed by atoms with Gasteiger partial charge in [0, 0.05) is 16.6 Å². The normalized spacial score (nSPS) is 10.4. The molecule has 5 heteroatoms. The average Bonchev–Trinajstić information content (AvgIpc) is 2.45. The zero-order valence-electron chi connectivity index (χ0n) is 13.6. The lowest BCUT2D eigenvalue weighted by molar-refractivity contribution is 0.333. The molecule has 1 N–H and O–H groups in total. The number of nitrogens with one attached hydrogen (secondary N) is 1. The first-order valence-electron chi connectivity index (χ1n) is 8.00. The molecule has 0 unspecified atom stereocenters. The van der Waals surface area contributed by atoms with Gasteiger partial charge >= 0.3 is 0 Å². The number of unbranched alkanes of at least 4 members (excludes halogenated alkanes) is 5. The van der Waals surface area contributed by atoms with Crippen LogP contribution in [0.1, 0.15) is 57.9 Å². The molecule has 0 spiro atoms. The molecule has 0 fully saturated rings. The number of ether oxygens (including phenoxy) is 1. The van der Waals surface area contributed by atoms with Crippen LogP contribution in [-0.2, 0) is 6.54 Å². The fourth-order valence-electron chi connectivity index (χ4n) is 2.30. The van der Waals surface area contributed by atoms with Gasteiger partial charge in [-0.2, -0.15) is 0 Å². The van der Waals surface area contributed by atoms with E-state index in [1.54, 1.807) is 0 Å². The maximum Gasteiger partial charge on any atom is 0.138 e. The van der Waals surface area contributed by atoms with Crippen LogP contribution in [0.25, 0.3) is 0 Å². The van der Waals surface area contributed by atoms with Gasteiger partial charge in [0.05, 0.1) is 11.1 Å². The summed E-state index contributed by atoms with van der Waals surface area (Å²) >= 11 is 7.12. The Hall–Kier alpha value is 0.230. The molecule has 0 saturated carbocycles. The zero-order chi connectivity index (χ0) is 15.5. The fraction of sp³-hybridized carbons (Fsp3) is 0.647. The molecule has 1 rings (SSSR count). The maximum atomic E-state index is 5.74. The number of benzene rings is 1. The van der Waals surface area contributed by atoms with E-state index in [4.69, 9.17) is 4.74 Å². The van der Waals surface area contributed by atoms with Crippen LogP contribution < -0.4 is 10.1 Å². The van der Waals surface area contributed by atoms with E-state index in [1.165, 1.54) is 44.1 Å². The Labute approximate surface area is 158 Å². The number of rotatable bonds is 11. The summed E-state index contributed by atoms with van der Waals surface area (Å²) in [6.45, 7) is 6.88. The van der Waals surface area contributed by atoms with E-state index in [9.17, 15) is 0 Å². The number of hydrogen-bond acceptors (Lipinski definition) is 2. The molecule has 0 heterocycles. The highest BCUT2D eigenvalue weighted by Gasteiger charge is 2.09. The molecular formula is C17H28Br2ClNO. The average molecular weight is 458 g/mol. The molecule has 22 heavy (non-hydrogen) atoms. The van der Waals surface area contributed by atoms with Crippen LogP contribution in [0.2, 0.25) is 0 Å². The third kappa shape index (κ3) is 8.76. The zero-order valence-corrected chi connectivity index (χ0v) is 17.6. The van der Waals surface area contributed by atoms with Crippen LogP contribution in [0.5, 0.6) is 5.75 Å². The van der Waals surface area contributed by atoms with Crippen molar-refractivity contribution < 1.29 is 4.74 Å². The molecule has 0 amide bonds. The Bertz CT molecular complexity index is 416. The lowest BCUT2D eigenvalue weighted by Crippen LogP contribution is -2.15. The molecule has 0 atom stereocenters. The highest BCUT2D eigenvalue weighted by atomic mass is 79.9. The molecule has 0 aliphatic rings. The molecule has 0 bridgehead atoms. The summed E-state index contributed by atoms with van der Waals surface area (Å²) in [5.74, 6) is 0.955. The second kappa shape index (κ2) is 13.6. The van der Waals surface area contributed by atoms with Crippen molar-refractivity contribution >= 4 is 44.3 Å². The van der Waals surface area contributed by atoms with Crippen LogP contribution in [0.4, 0.5) is 0 Å². The molecule has 0 aromatic heterocycles. The molecule has 1 aromatic carbocycles. The summed E-state index contributed by atoms with van der Waals surface area (Å²) in [5.41, 5.74) is 1.20. The van der Waals surface area contributed by atoms with Gasteiger partial charge in [0.2, 0.25) is 0 Å². The lowest BCUT2D eigenvalue weighted by atomic mass is 10.1. The summed E-state index contributed by atoms with van der Waals surface area (Å²) < 4.78 is 7.82. The summed E-state index contributed by atoms with van der Waals surface area (Å²) in [5, 5.41) is 3.52. The summed E-state index contributed by atoms with van der Waals surface area (Å²) in [7, 11) is 0. The molecule has 128 valence electrons. The lowest BCUT2D eigenvalue weighted by Gasteiger charge is -2.13. The first kappa shape index (κ1) is 22.2. The van der Waals surface area contributed by atoms with Gasteiger partial charge in [0.25, 0.3) is 0 Å². The van der Waals surface area contributed by atoms with Gasteiger partial charge in [-0.1, -0.05) is 55.0 Å². The van der Waals surface area contributed by atoms with Gasteiger partial charge in [0.1, 0.15) is 5.75 Å². The third-order valence-corrected chi connectivity index (χ3v) is 4.44. The van der Waals surface area contributed by atoms with Crippen molar-refractivity contribution in [2.24, 2.45) is 0 Å². The molecule has 2 nitrogen and oxygen atoms in total. The van der Waals surface area contributed by atoms with Crippen LogP contribution in [0, 0.1) is 0 Å². The SMILES string of the molecule is CCCCCCCCNCc1cc(Br)cc(Br)c1OCC.Cl. The van der Waals surface area contributed by atoms with E-state index >= 15 is 0 Å². The monoisotopic (exact) mass is 455 g/mol. The smallest absolute Gasteiger partial charge is 0.138 e. The number of halogens is 3. The van der Waals surface area contributed by atoms with E-state index < -0.39 is 0 Å². The first-order chi connectivity index (χ1) is 10.2. The minimum atomic E-state index is 0. The minimum Gasteiger partial charge on any atom is -0.492 e. The van der Waals surface area contributed by atoms with Crippen molar-refractivity contribution in [3.8, 4) is 5.75 Å². The quantitative estimate of drug-likeness (QED) is 0.384. The second-order valence-electron chi connectivity index (χ2n) is 5.25. The van der Waals surface area contributed by atoms with Gasteiger partial charge in [-0.05, 0) is 48.0 Å². The third-order valence-electron chi connectivity index (χ3n) is 3.40. The Kier molecular flexibility index (Phi) is 13.8. The number of hydrogen-bond donors (Lipinski definition) is 1. The highest BCUT2D eigenvalue weighted by Crippen LogP contribution is 2.32. The molecule has 0 saturated heterocycles. The summed E-state index contributed by atoms with van der Waals surface area (Å²) in [6.07, 6.45) is 8.01. The predicted octanol–water partition coefficient (Wildman–Crippen LogP) is 6.48. The van der Waals surface area contributed by atoms with Crippen molar-refractivity contribution in [2.45, 2.75) is 58.9 Å². The Morgan fingerprint density at radius 3 is 2.36 bits per heavy atom. The maximum absolute atomic E-state index is 5.74. The topological polar surface area (TPSA) is 21.3 Å². The fourth-order valence-corrected chi connectivity index (χ4v) is 3.73. The first-order valence-corrected chi connectivity index (χ1v) is 9.59. The van der Waals surface area contributed by atoms with Gasteiger partial charge in [-0.25, -0.2) is 0 Å². The van der Waals surface area contributed by atoms with Gasteiger partial charge in [0.15, 0.2) is 0 Å². The Balaban J connectivity index is 0.00000441. The largest absolute Gasteiger partial charge is 0.492 e. The predicted molar refractivity (Wildman–Crippen MR) is 105 cm³/mol. The molecular weight excluding hydrogens is 429 g/mol. The standard InChI is InChI=1S/C17H27Br2NO.ClH/c1-3-5-6-7-8-9-10-20-13-14-11-15(18)12-16(19)17(14)21-4-2;/h11-12,20H,3-10,13H2,1-2H3;1H. The second-order valence-corrected chi connectivity index (χ2v) is 7.02. The van der Waals surface area contributed by atoms with Crippen LogP contribution in [0.3, 0.4) is 0 Å². The van der Waals surface area contributed by atoms with E-state index in [2.05, 4.69) is 50.2 Å². The Morgan fingerprint density at radius 1 is 1.00 bits per heavy atom. The van der Waals surface area contributed by atoms with Crippen LogP contribution in [0.15, 0.2) is 21.1 Å². The summed E-state index contributed by atoms with van der Waals surface area (Å²) in [4.78, 5) is 0. The molecule has 0 radical (unpaired) electrons. The summed E-state index contributed by atoms with van der Waals surface area (Å²) in [6, 6.07) is 4.16. The Morgan fingerprint density at radius 2 is 1.68 bits per heavy atom. The van der Waals surface area contributed by atoms with Crippen molar-refractivity contribution in [2.75, 3.05) is 13.2 Å². The van der Waals surface area contributed by atoms with E-state index in [0.29, 0.717) is 6.61 Å². The molecule has 0 aliphatic carbocycles. The van der Waals surface area contributed by atoms with Crippen molar-refractivity contribution in [3.05, 3.63) is 26.6 Å². The highest BCUT2D eigenvalue weighted by molar-refractivity contribution is 9.11. The minimum absolute atomic E-state index is 0. The van der Waals surface area contributed by atoms with Crippen LogP contribution >= 0.6 is 44.3 Å². The van der Waals surface area contributed by atoms with Crippen molar-refractivity contribution in [1.82, 2.24) is 5.32 Å². The van der Waals surface area contributed by atoms with Gasteiger partial charge in [-0.15, -0.1) is 12.4 Å². The molecule has 0 aliphatic heterocycles. The van der Waals surface area contributed by atoms with Gasteiger partial charge < -0.3 is 10.1 Å². The van der Waals surface area contributed by atoms with E-state index in [1.807, 2.05) is 13.0 Å². The molecule has 1 aromatic rings. The van der Waals surface area contributed by atoms with Crippen molar-refractivity contribution in [1.29, 1.82) is 0 Å². The van der Waals surface area contributed by atoms with Crippen LogP contribution in [-0.4, -0.2) is 13.2 Å². The van der Waals surface area contributed by atoms with Crippen molar-refractivity contribution in [3.63, 3.8) is 0 Å². The van der Waals surface area contributed by atoms with Gasteiger partial charge in [-0.3, -0.25) is 0 Å².